The molecule has 1 heterocycles. The molecule has 0 aliphatic heterocycles. The van der Waals surface area contributed by atoms with Crippen LogP contribution in [0.1, 0.15) is 41.2 Å². The van der Waals surface area contributed by atoms with E-state index in [0.29, 0.717) is 18.4 Å². The smallest absolute Gasteiger partial charge is 0.338 e. The zero-order chi connectivity index (χ0) is 15.5. The highest BCUT2D eigenvalue weighted by Crippen LogP contribution is 2.33. The Bertz CT molecular complexity index is 678. The van der Waals surface area contributed by atoms with E-state index in [-0.39, 0.29) is 24.1 Å². The van der Waals surface area contributed by atoms with E-state index in [1.165, 1.54) is 0 Å². The number of benzene rings is 1. The lowest BCUT2D eigenvalue weighted by Gasteiger charge is -2.30. The van der Waals surface area contributed by atoms with Crippen molar-refractivity contribution in [1.82, 2.24) is 9.78 Å². The van der Waals surface area contributed by atoms with Crippen molar-refractivity contribution >= 4 is 11.8 Å². The maximum atomic E-state index is 12.3. The van der Waals surface area contributed by atoms with Gasteiger partial charge in [-0.05, 0) is 24.6 Å². The van der Waals surface area contributed by atoms with Crippen molar-refractivity contribution in [2.45, 2.75) is 31.3 Å². The number of ketones is 1. The minimum atomic E-state index is -0.427. The van der Waals surface area contributed by atoms with Crippen LogP contribution in [0.25, 0.3) is 0 Å². The number of Topliss-reactive ketones (excluding diaryl/α,β-unsaturated/α-hetero) is 1. The second-order valence-electron chi connectivity index (χ2n) is 5.58. The van der Waals surface area contributed by atoms with Gasteiger partial charge in [0.2, 0.25) is 0 Å². The normalized spacial score (nSPS) is 21.6. The summed E-state index contributed by atoms with van der Waals surface area (Å²) in [5, 5.41) is 4.17. The molecule has 0 bridgehead atoms. The molecule has 5 heteroatoms. The van der Waals surface area contributed by atoms with Crippen LogP contribution in [0.15, 0.2) is 42.6 Å². The highest BCUT2D eigenvalue weighted by molar-refractivity contribution is 5.90. The van der Waals surface area contributed by atoms with Crippen molar-refractivity contribution in [3.05, 3.63) is 53.9 Å². The van der Waals surface area contributed by atoms with Crippen molar-refractivity contribution in [1.29, 1.82) is 0 Å². The number of hydrogen-bond acceptors (Lipinski definition) is 4. The van der Waals surface area contributed by atoms with Gasteiger partial charge < -0.3 is 4.74 Å². The lowest BCUT2D eigenvalue weighted by atomic mass is 9.83. The van der Waals surface area contributed by atoms with Gasteiger partial charge in [0.25, 0.3) is 0 Å². The summed E-state index contributed by atoms with van der Waals surface area (Å²) in [6, 6.07) is 10.8. The van der Waals surface area contributed by atoms with E-state index in [4.69, 9.17) is 4.74 Å². The lowest BCUT2D eigenvalue weighted by molar-refractivity contribution is -0.123. The van der Waals surface area contributed by atoms with Gasteiger partial charge in [-0.2, -0.15) is 5.10 Å². The second-order valence-corrected chi connectivity index (χ2v) is 5.58. The number of carbonyl (C=O) groups excluding carboxylic acids is 2. The fraction of sp³-hybridized carbons (Fsp3) is 0.353. The Hall–Kier alpha value is -2.43. The first-order valence-electron chi connectivity index (χ1n) is 7.41. The molecule has 0 spiro atoms. The van der Waals surface area contributed by atoms with E-state index >= 15 is 0 Å². The van der Waals surface area contributed by atoms with Crippen LogP contribution in [0.2, 0.25) is 0 Å². The third-order valence-electron chi connectivity index (χ3n) is 4.12. The van der Waals surface area contributed by atoms with Crippen molar-refractivity contribution < 1.29 is 14.3 Å². The number of aryl methyl sites for hydroxylation is 1. The highest BCUT2D eigenvalue weighted by Gasteiger charge is 2.35. The van der Waals surface area contributed by atoms with E-state index < -0.39 is 6.10 Å². The van der Waals surface area contributed by atoms with Crippen LogP contribution < -0.4 is 0 Å². The Morgan fingerprint density at radius 3 is 2.73 bits per heavy atom. The number of rotatable bonds is 3. The van der Waals surface area contributed by atoms with Crippen LogP contribution >= 0.6 is 0 Å². The number of carbonyl (C=O) groups is 2. The Kier molecular flexibility index (Phi) is 4.04. The molecule has 5 nitrogen and oxygen atoms in total. The van der Waals surface area contributed by atoms with Crippen molar-refractivity contribution in [3.63, 3.8) is 0 Å². The summed E-state index contributed by atoms with van der Waals surface area (Å²) < 4.78 is 7.42. The molecule has 22 heavy (non-hydrogen) atoms. The topological polar surface area (TPSA) is 61.2 Å². The third kappa shape index (κ3) is 2.93. The van der Waals surface area contributed by atoms with Gasteiger partial charge in [-0.3, -0.25) is 9.48 Å². The Balaban J connectivity index is 1.80. The molecular weight excluding hydrogens is 280 g/mol. The molecule has 114 valence electrons. The summed E-state index contributed by atoms with van der Waals surface area (Å²) in [7, 11) is 1.86. The van der Waals surface area contributed by atoms with Crippen molar-refractivity contribution in [3.8, 4) is 0 Å². The molecule has 0 N–H and O–H groups in total. The fourth-order valence-electron chi connectivity index (χ4n) is 2.96. The number of hydrogen-bond donors (Lipinski definition) is 0. The average molecular weight is 298 g/mol. The van der Waals surface area contributed by atoms with E-state index in [1.54, 1.807) is 35.1 Å². The molecule has 3 rings (SSSR count). The molecule has 1 aliphatic rings. The summed E-state index contributed by atoms with van der Waals surface area (Å²) in [5.41, 5.74) is 1.50. The first-order chi connectivity index (χ1) is 10.6. The molecule has 1 aromatic carbocycles. The molecule has 0 radical (unpaired) electrons. The zero-order valence-electron chi connectivity index (χ0n) is 12.4. The van der Waals surface area contributed by atoms with Crippen LogP contribution in [-0.4, -0.2) is 27.6 Å². The largest absolute Gasteiger partial charge is 0.458 e. The minimum absolute atomic E-state index is 0.0119. The van der Waals surface area contributed by atoms with Gasteiger partial charge in [-0.15, -0.1) is 0 Å². The minimum Gasteiger partial charge on any atom is -0.458 e. The maximum Gasteiger partial charge on any atom is 0.338 e. The zero-order valence-corrected chi connectivity index (χ0v) is 12.4. The molecule has 0 amide bonds. The maximum absolute atomic E-state index is 12.3. The second kappa shape index (κ2) is 6.13. The molecule has 2 aromatic rings. The molecular formula is C17H18N2O3. The van der Waals surface area contributed by atoms with Gasteiger partial charge in [0.05, 0.1) is 5.56 Å². The SMILES string of the molecule is Cn1nccc1[C@H]1CCC(=O)CC1OC(=O)c1ccccc1. The summed E-state index contributed by atoms with van der Waals surface area (Å²) in [6.07, 6.45) is 2.78. The van der Waals surface area contributed by atoms with Gasteiger partial charge in [-0.25, -0.2) is 4.79 Å². The average Bonchev–Trinajstić information content (AvgIpc) is 2.94. The Morgan fingerprint density at radius 1 is 1.27 bits per heavy atom. The Morgan fingerprint density at radius 2 is 2.05 bits per heavy atom. The lowest BCUT2D eigenvalue weighted by Crippen LogP contribution is -2.33. The van der Waals surface area contributed by atoms with Crippen LogP contribution in [0, 0.1) is 0 Å². The molecule has 1 unspecified atom stereocenters. The molecule has 1 aliphatic carbocycles. The monoisotopic (exact) mass is 298 g/mol. The van der Waals surface area contributed by atoms with Gasteiger partial charge in [0.15, 0.2) is 0 Å². The summed E-state index contributed by atoms with van der Waals surface area (Å²) in [5.74, 6) is -0.227. The number of nitrogens with zero attached hydrogens (tertiary/aromatic N) is 2. The molecule has 1 saturated carbocycles. The van der Waals surface area contributed by atoms with Crippen LogP contribution in [0.3, 0.4) is 0 Å². The predicted octanol–water partition coefficient (Wildman–Crippen LogP) is 2.48. The highest BCUT2D eigenvalue weighted by atomic mass is 16.5. The van der Waals surface area contributed by atoms with Crippen LogP contribution in [0.4, 0.5) is 0 Å². The Labute approximate surface area is 128 Å². The predicted molar refractivity (Wildman–Crippen MR) is 80.5 cm³/mol. The summed E-state index contributed by atoms with van der Waals surface area (Å²) in [4.78, 5) is 24.0. The first-order valence-corrected chi connectivity index (χ1v) is 7.41. The molecule has 0 saturated heterocycles. The molecule has 1 aromatic heterocycles. The van der Waals surface area contributed by atoms with Gasteiger partial charge in [-0.1, -0.05) is 18.2 Å². The fourth-order valence-corrected chi connectivity index (χ4v) is 2.96. The first kappa shape index (κ1) is 14.5. The standard InChI is InChI=1S/C17H18N2O3/c1-19-15(9-10-18-19)14-8-7-13(20)11-16(14)22-17(21)12-5-3-2-4-6-12/h2-6,9-10,14,16H,7-8,11H2,1H3/t14-,16?/m1/s1. The van der Waals surface area contributed by atoms with E-state index in [9.17, 15) is 9.59 Å². The number of aromatic nitrogens is 2. The van der Waals surface area contributed by atoms with E-state index in [0.717, 1.165) is 5.69 Å². The number of ether oxygens (including phenoxy) is 1. The molecule has 1 fully saturated rings. The van der Waals surface area contributed by atoms with E-state index in [2.05, 4.69) is 5.10 Å². The van der Waals surface area contributed by atoms with Crippen LogP contribution in [0.5, 0.6) is 0 Å². The number of esters is 1. The summed E-state index contributed by atoms with van der Waals surface area (Å²) in [6.45, 7) is 0. The molecule has 2 atom stereocenters. The van der Waals surface area contributed by atoms with Gasteiger partial charge >= 0.3 is 5.97 Å². The van der Waals surface area contributed by atoms with Gasteiger partial charge in [0, 0.05) is 37.7 Å². The summed E-state index contributed by atoms with van der Waals surface area (Å²) >= 11 is 0. The van der Waals surface area contributed by atoms with Crippen molar-refractivity contribution in [2.24, 2.45) is 7.05 Å². The van der Waals surface area contributed by atoms with Crippen molar-refractivity contribution in [2.75, 3.05) is 0 Å². The quantitative estimate of drug-likeness (QED) is 0.817. The van der Waals surface area contributed by atoms with Gasteiger partial charge in [0.1, 0.15) is 11.9 Å². The third-order valence-corrected chi connectivity index (χ3v) is 4.12. The van der Waals surface area contributed by atoms with E-state index in [1.807, 2.05) is 19.2 Å². The van der Waals surface area contributed by atoms with Crippen LogP contribution in [-0.2, 0) is 16.6 Å².